The minimum Gasteiger partial charge on any atom is -0.273 e. The smallest absolute Gasteiger partial charge is 0.243 e. The molecule has 0 aromatic heterocycles. The summed E-state index contributed by atoms with van der Waals surface area (Å²) in [7, 11) is -3.70. The van der Waals surface area contributed by atoms with Gasteiger partial charge in [0.05, 0.1) is 10.8 Å². The van der Waals surface area contributed by atoms with E-state index in [2.05, 4.69) is 10.9 Å². The molecule has 9 heteroatoms. The molecule has 1 atom stereocenters. The molecular formula is C16H20ClN3O4S. The van der Waals surface area contributed by atoms with Crippen molar-refractivity contribution in [3.8, 4) is 0 Å². The van der Waals surface area contributed by atoms with Crippen molar-refractivity contribution in [1.82, 2.24) is 15.2 Å². The molecule has 136 valence electrons. The van der Waals surface area contributed by atoms with Crippen molar-refractivity contribution < 1.29 is 18.0 Å². The Morgan fingerprint density at radius 3 is 2.40 bits per heavy atom. The number of piperidine rings is 1. The minimum atomic E-state index is -3.70. The number of carbonyl (C=O) groups is 2. The fourth-order valence-corrected chi connectivity index (χ4v) is 4.65. The van der Waals surface area contributed by atoms with E-state index in [1.54, 1.807) is 12.1 Å². The first-order valence-electron chi connectivity index (χ1n) is 8.23. The lowest BCUT2D eigenvalue weighted by molar-refractivity contribution is -0.132. The van der Waals surface area contributed by atoms with Gasteiger partial charge in [0.1, 0.15) is 0 Å². The second-order valence-corrected chi connectivity index (χ2v) is 8.79. The molecule has 0 radical (unpaired) electrons. The van der Waals surface area contributed by atoms with Crippen LogP contribution in [0.25, 0.3) is 0 Å². The van der Waals surface area contributed by atoms with E-state index in [1.165, 1.54) is 16.4 Å². The van der Waals surface area contributed by atoms with Crippen molar-refractivity contribution >= 4 is 33.4 Å². The summed E-state index contributed by atoms with van der Waals surface area (Å²) in [5, 5.41) is 0.343. The van der Waals surface area contributed by atoms with Crippen molar-refractivity contribution in [1.29, 1.82) is 0 Å². The van der Waals surface area contributed by atoms with Crippen LogP contribution in [0, 0.1) is 11.8 Å². The number of hydrazine groups is 1. The number of amides is 2. The van der Waals surface area contributed by atoms with Crippen molar-refractivity contribution in [2.75, 3.05) is 13.1 Å². The van der Waals surface area contributed by atoms with Crippen LogP contribution >= 0.6 is 11.6 Å². The van der Waals surface area contributed by atoms with Gasteiger partial charge in [0, 0.05) is 24.0 Å². The Bertz CT molecular complexity index is 779. The van der Waals surface area contributed by atoms with Crippen LogP contribution in [-0.4, -0.2) is 37.6 Å². The second-order valence-electron chi connectivity index (χ2n) is 6.41. The summed E-state index contributed by atoms with van der Waals surface area (Å²) >= 11 is 5.88. The summed E-state index contributed by atoms with van der Waals surface area (Å²) in [4.78, 5) is 23.9. The largest absolute Gasteiger partial charge is 0.273 e. The predicted molar refractivity (Wildman–Crippen MR) is 91.9 cm³/mol. The monoisotopic (exact) mass is 385 g/mol. The highest BCUT2D eigenvalue weighted by Crippen LogP contribution is 2.28. The number of hydrogen-bond acceptors (Lipinski definition) is 4. The van der Waals surface area contributed by atoms with E-state index in [-0.39, 0.29) is 29.2 Å². The zero-order valence-electron chi connectivity index (χ0n) is 13.6. The summed E-state index contributed by atoms with van der Waals surface area (Å²) in [6, 6.07) is 6.07. The molecule has 1 aromatic rings. The van der Waals surface area contributed by atoms with E-state index in [1.807, 2.05) is 0 Å². The second kappa shape index (κ2) is 7.31. The molecule has 7 nitrogen and oxygen atoms in total. The van der Waals surface area contributed by atoms with Gasteiger partial charge in [0.15, 0.2) is 0 Å². The highest BCUT2D eigenvalue weighted by atomic mass is 35.5. The van der Waals surface area contributed by atoms with Gasteiger partial charge in [-0.3, -0.25) is 20.4 Å². The number of benzene rings is 1. The maximum atomic E-state index is 12.7. The number of halogens is 1. The van der Waals surface area contributed by atoms with Gasteiger partial charge in [-0.2, -0.15) is 4.31 Å². The van der Waals surface area contributed by atoms with E-state index < -0.39 is 15.9 Å². The van der Waals surface area contributed by atoms with Crippen LogP contribution in [-0.2, 0) is 19.6 Å². The predicted octanol–water partition coefficient (Wildman–Crippen LogP) is 1.30. The molecule has 1 heterocycles. The highest BCUT2D eigenvalue weighted by molar-refractivity contribution is 7.89. The number of nitrogens with zero attached hydrogens (tertiary/aromatic N) is 1. The molecule has 0 spiro atoms. The first kappa shape index (κ1) is 18.2. The maximum Gasteiger partial charge on any atom is 0.243 e. The molecule has 2 N–H and O–H groups in total. The zero-order valence-corrected chi connectivity index (χ0v) is 15.1. The van der Waals surface area contributed by atoms with Gasteiger partial charge in [0.25, 0.3) is 0 Å². The van der Waals surface area contributed by atoms with E-state index in [0.717, 1.165) is 12.8 Å². The molecule has 1 saturated heterocycles. The summed E-state index contributed by atoms with van der Waals surface area (Å²) < 4.78 is 26.8. The number of sulfonamides is 1. The van der Waals surface area contributed by atoms with Gasteiger partial charge >= 0.3 is 0 Å². The van der Waals surface area contributed by atoms with E-state index in [4.69, 9.17) is 11.6 Å². The van der Waals surface area contributed by atoms with E-state index >= 15 is 0 Å². The van der Waals surface area contributed by atoms with Crippen LogP contribution in [0.15, 0.2) is 29.2 Å². The molecule has 0 bridgehead atoms. The van der Waals surface area contributed by atoms with Crippen molar-refractivity contribution in [2.45, 2.75) is 30.6 Å². The Morgan fingerprint density at radius 1 is 1.08 bits per heavy atom. The average Bonchev–Trinajstić information content (AvgIpc) is 3.44. The fraction of sp³-hybridized carbons (Fsp3) is 0.500. The Balaban J connectivity index is 1.63. The molecule has 3 rings (SSSR count). The third kappa shape index (κ3) is 4.31. The van der Waals surface area contributed by atoms with Gasteiger partial charge in [-0.05, 0) is 43.9 Å². The van der Waals surface area contributed by atoms with Crippen LogP contribution in [0.2, 0.25) is 5.02 Å². The first-order valence-corrected chi connectivity index (χ1v) is 10.0. The maximum absolute atomic E-state index is 12.7. The fourth-order valence-electron chi connectivity index (χ4n) is 2.82. The van der Waals surface area contributed by atoms with Crippen LogP contribution in [0.1, 0.15) is 25.7 Å². The van der Waals surface area contributed by atoms with Gasteiger partial charge in [0.2, 0.25) is 21.8 Å². The Kier molecular flexibility index (Phi) is 5.31. The van der Waals surface area contributed by atoms with Crippen LogP contribution in [0.3, 0.4) is 0 Å². The molecule has 1 aliphatic carbocycles. The SMILES string of the molecule is O=C(NNC(=O)[C@@H]1CCCN(S(=O)(=O)c2cccc(Cl)c2)C1)C1CC1. The Labute approximate surface area is 151 Å². The molecule has 1 aromatic carbocycles. The van der Waals surface area contributed by atoms with Crippen molar-refractivity contribution in [2.24, 2.45) is 11.8 Å². The van der Waals surface area contributed by atoms with Crippen molar-refractivity contribution in [3.05, 3.63) is 29.3 Å². The summed E-state index contributed by atoms with van der Waals surface area (Å²) in [6.07, 6.45) is 2.84. The molecule has 0 unspecified atom stereocenters. The molecule has 1 saturated carbocycles. The highest BCUT2D eigenvalue weighted by Gasteiger charge is 2.34. The number of rotatable bonds is 4. The molecule has 2 fully saturated rings. The van der Waals surface area contributed by atoms with Gasteiger partial charge in [-0.25, -0.2) is 8.42 Å². The number of hydrogen-bond donors (Lipinski definition) is 2. The first-order chi connectivity index (χ1) is 11.9. The number of carbonyl (C=O) groups excluding carboxylic acids is 2. The lowest BCUT2D eigenvalue weighted by atomic mass is 9.99. The van der Waals surface area contributed by atoms with E-state index in [0.29, 0.717) is 24.4 Å². The normalized spacial score (nSPS) is 21.6. The molecule has 2 aliphatic rings. The summed E-state index contributed by atoms with van der Waals surface area (Å²) in [5.41, 5.74) is 4.82. The summed E-state index contributed by atoms with van der Waals surface area (Å²) in [5.74, 6) is -1.05. The quantitative estimate of drug-likeness (QED) is 0.763. The molecule has 1 aliphatic heterocycles. The topological polar surface area (TPSA) is 95.6 Å². The van der Waals surface area contributed by atoms with Crippen molar-refractivity contribution in [3.63, 3.8) is 0 Å². The van der Waals surface area contributed by atoms with Crippen LogP contribution in [0.5, 0.6) is 0 Å². The Morgan fingerprint density at radius 2 is 1.76 bits per heavy atom. The summed E-state index contributed by atoms with van der Waals surface area (Å²) in [6.45, 7) is 0.438. The zero-order chi connectivity index (χ0) is 18.0. The third-order valence-electron chi connectivity index (χ3n) is 4.45. The molecule has 2 amide bonds. The standard InChI is InChI=1S/C16H20ClN3O4S/c17-13-4-1-5-14(9-13)25(23,24)20-8-2-3-12(10-20)16(22)19-18-15(21)11-6-7-11/h1,4-5,9,11-12H,2-3,6-8,10H2,(H,18,21)(H,19,22)/t12-/m1/s1. The lowest BCUT2D eigenvalue weighted by Crippen LogP contribution is -2.50. The van der Waals surface area contributed by atoms with Gasteiger partial charge in [-0.15, -0.1) is 0 Å². The Hall–Kier alpha value is -1.64. The van der Waals surface area contributed by atoms with E-state index in [9.17, 15) is 18.0 Å². The minimum absolute atomic E-state index is 0.00800. The van der Waals surface area contributed by atoms with Crippen LogP contribution < -0.4 is 10.9 Å². The lowest BCUT2D eigenvalue weighted by Gasteiger charge is -2.31. The number of nitrogens with one attached hydrogen (secondary N) is 2. The van der Waals surface area contributed by atoms with Crippen LogP contribution in [0.4, 0.5) is 0 Å². The average molecular weight is 386 g/mol. The van der Waals surface area contributed by atoms with Gasteiger partial charge in [-0.1, -0.05) is 17.7 Å². The molecular weight excluding hydrogens is 366 g/mol. The third-order valence-corrected chi connectivity index (χ3v) is 6.54. The molecule has 25 heavy (non-hydrogen) atoms. The van der Waals surface area contributed by atoms with Gasteiger partial charge < -0.3 is 0 Å².